The maximum absolute atomic E-state index is 6.75. The van der Waals surface area contributed by atoms with Crippen LogP contribution in [-0.4, -0.2) is 12.2 Å². The van der Waals surface area contributed by atoms with Crippen molar-refractivity contribution >= 4 is 0 Å². The first kappa shape index (κ1) is 20.0. The fourth-order valence-corrected chi connectivity index (χ4v) is 3.94. The molecule has 1 heteroatoms. The zero-order valence-electron chi connectivity index (χ0n) is 16.6. The van der Waals surface area contributed by atoms with E-state index in [4.69, 9.17) is 4.74 Å². The van der Waals surface area contributed by atoms with Gasteiger partial charge in [-0.25, -0.2) is 0 Å². The van der Waals surface area contributed by atoms with Crippen LogP contribution in [0.5, 0.6) is 0 Å². The molecular weight excluding hydrogens is 268 g/mol. The van der Waals surface area contributed by atoms with E-state index in [1.54, 1.807) is 0 Å². The fourth-order valence-electron chi connectivity index (χ4n) is 3.94. The van der Waals surface area contributed by atoms with Gasteiger partial charge in [-0.05, 0) is 42.4 Å². The molecular formula is C21H42O. The van der Waals surface area contributed by atoms with Gasteiger partial charge in [0.15, 0.2) is 0 Å². The van der Waals surface area contributed by atoms with E-state index in [0.717, 1.165) is 12.5 Å². The van der Waals surface area contributed by atoms with Crippen LogP contribution in [0, 0.1) is 16.7 Å². The van der Waals surface area contributed by atoms with E-state index in [1.807, 2.05) is 0 Å². The van der Waals surface area contributed by atoms with Crippen LogP contribution in [-0.2, 0) is 4.74 Å². The van der Waals surface area contributed by atoms with Gasteiger partial charge in [0.1, 0.15) is 0 Å². The van der Waals surface area contributed by atoms with Crippen LogP contribution >= 0.6 is 0 Å². The van der Waals surface area contributed by atoms with Crippen molar-refractivity contribution in [3.05, 3.63) is 0 Å². The van der Waals surface area contributed by atoms with Crippen LogP contribution in [0.25, 0.3) is 0 Å². The van der Waals surface area contributed by atoms with Crippen LogP contribution in [0.3, 0.4) is 0 Å². The standard InChI is InChI=1S/C21H42O/c1-8-21(14-12-10-9-11-13-15-21)22-17-20(7,16-18(2)3)19(4,5)6/h18H,8-17H2,1-7H3. The highest BCUT2D eigenvalue weighted by Gasteiger charge is 2.40. The second-order valence-corrected chi connectivity index (χ2v) is 9.50. The lowest BCUT2D eigenvalue weighted by molar-refractivity contribution is -0.124. The summed E-state index contributed by atoms with van der Waals surface area (Å²) in [6, 6.07) is 0. The van der Waals surface area contributed by atoms with Crippen molar-refractivity contribution in [1.82, 2.24) is 0 Å². The summed E-state index contributed by atoms with van der Waals surface area (Å²) in [4.78, 5) is 0. The molecule has 0 saturated heterocycles. The Labute approximate surface area is 140 Å². The van der Waals surface area contributed by atoms with Gasteiger partial charge in [-0.3, -0.25) is 0 Å². The second-order valence-electron chi connectivity index (χ2n) is 9.50. The van der Waals surface area contributed by atoms with E-state index in [1.165, 1.54) is 57.8 Å². The SMILES string of the molecule is CCC1(OCC(C)(CC(C)C)C(C)(C)C)CCCCCCC1. The summed E-state index contributed by atoms with van der Waals surface area (Å²) >= 11 is 0. The molecule has 0 heterocycles. The first-order valence-electron chi connectivity index (χ1n) is 9.78. The molecule has 0 aromatic carbocycles. The number of hydrogen-bond acceptors (Lipinski definition) is 1. The number of hydrogen-bond donors (Lipinski definition) is 0. The molecule has 0 radical (unpaired) electrons. The first-order chi connectivity index (χ1) is 10.1. The smallest absolute Gasteiger partial charge is 0.0680 e. The lowest BCUT2D eigenvalue weighted by atomic mass is 9.64. The Hall–Kier alpha value is -0.0400. The Morgan fingerprint density at radius 3 is 1.82 bits per heavy atom. The Morgan fingerprint density at radius 2 is 1.41 bits per heavy atom. The van der Waals surface area contributed by atoms with Crippen LogP contribution in [0.1, 0.15) is 106 Å². The van der Waals surface area contributed by atoms with Crippen molar-refractivity contribution in [2.45, 2.75) is 112 Å². The Kier molecular flexibility index (Phi) is 7.43. The lowest BCUT2D eigenvalue weighted by Crippen LogP contribution is -2.43. The number of rotatable bonds is 6. The molecule has 1 nitrogen and oxygen atoms in total. The van der Waals surface area contributed by atoms with Crippen LogP contribution in [0.4, 0.5) is 0 Å². The van der Waals surface area contributed by atoms with Crippen molar-refractivity contribution in [3.63, 3.8) is 0 Å². The van der Waals surface area contributed by atoms with Gasteiger partial charge in [0, 0.05) is 0 Å². The molecule has 132 valence electrons. The average molecular weight is 311 g/mol. The normalized spacial score (nSPS) is 22.9. The summed E-state index contributed by atoms with van der Waals surface area (Å²) < 4.78 is 6.75. The van der Waals surface area contributed by atoms with Gasteiger partial charge in [-0.2, -0.15) is 0 Å². The predicted octanol–water partition coefficient (Wildman–Crippen LogP) is 6.99. The minimum Gasteiger partial charge on any atom is -0.374 e. The topological polar surface area (TPSA) is 9.23 Å². The Bertz CT molecular complexity index is 304. The third-order valence-electron chi connectivity index (χ3n) is 6.28. The van der Waals surface area contributed by atoms with Crippen LogP contribution in [0.2, 0.25) is 0 Å². The van der Waals surface area contributed by atoms with E-state index in [2.05, 4.69) is 48.5 Å². The molecule has 0 bridgehead atoms. The van der Waals surface area contributed by atoms with Gasteiger partial charge in [-0.1, -0.05) is 80.6 Å². The fraction of sp³-hybridized carbons (Fsp3) is 1.00. The summed E-state index contributed by atoms with van der Waals surface area (Å²) in [5.41, 5.74) is 0.698. The molecule has 1 unspecified atom stereocenters. The maximum Gasteiger partial charge on any atom is 0.0680 e. The molecule has 1 aliphatic rings. The predicted molar refractivity (Wildman–Crippen MR) is 98.3 cm³/mol. The van der Waals surface area contributed by atoms with Gasteiger partial charge in [0.05, 0.1) is 12.2 Å². The highest BCUT2D eigenvalue weighted by molar-refractivity contribution is 4.90. The van der Waals surface area contributed by atoms with Crippen molar-refractivity contribution < 1.29 is 4.74 Å². The second kappa shape index (κ2) is 8.18. The van der Waals surface area contributed by atoms with Gasteiger partial charge >= 0.3 is 0 Å². The summed E-state index contributed by atoms with van der Waals surface area (Å²) in [5, 5.41) is 0. The van der Waals surface area contributed by atoms with E-state index in [0.29, 0.717) is 0 Å². The molecule has 0 N–H and O–H groups in total. The zero-order chi connectivity index (χ0) is 16.9. The molecule has 0 spiro atoms. The Balaban J connectivity index is 2.79. The van der Waals surface area contributed by atoms with Crippen molar-refractivity contribution in [2.24, 2.45) is 16.7 Å². The summed E-state index contributed by atoms with van der Waals surface area (Å²) in [6.45, 7) is 17.5. The molecule has 22 heavy (non-hydrogen) atoms. The van der Waals surface area contributed by atoms with Crippen LogP contribution < -0.4 is 0 Å². The monoisotopic (exact) mass is 310 g/mol. The largest absolute Gasteiger partial charge is 0.374 e. The molecule has 0 aromatic rings. The molecule has 0 aliphatic heterocycles. The number of ether oxygens (including phenoxy) is 1. The molecule has 1 fully saturated rings. The summed E-state index contributed by atoms with van der Waals surface area (Å²) in [7, 11) is 0. The van der Waals surface area contributed by atoms with Crippen molar-refractivity contribution in [2.75, 3.05) is 6.61 Å². The minimum absolute atomic E-state index is 0.157. The van der Waals surface area contributed by atoms with E-state index in [-0.39, 0.29) is 16.4 Å². The van der Waals surface area contributed by atoms with E-state index < -0.39 is 0 Å². The van der Waals surface area contributed by atoms with E-state index in [9.17, 15) is 0 Å². The van der Waals surface area contributed by atoms with Gasteiger partial charge in [0.2, 0.25) is 0 Å². The lowest BCUT2D eigenvalue weighted by Gasteiger charge is -2.46. The summed E-state index contributed by atoms with van der Waals surface area (Å²) in [6.07, 6.45) is 11.9. The van der Waals surface area contributed by atoms with Gasteiger partial charge < -0.3 is 4.74 Å². The highest BCUT2D eigenvalue weighted by Crippen LogP contribution is 2.45. The van der Waals surface area contributed by atoms with Gasteiger partial charge in [0.25, 0.3) is 0 Å². The molecule has 0 amide bonds. The van der Waals surface area contributed by atoms with Gasteiger partial charge in [-0.15, -0.1) is 0 Å². The molecule has 0 aromatic heterocycles. The van der Waals surface area contributed by atoms with Crippen molar-refractivity contribution in [3.8, 4) is 0 Å². The average Bonchev–Trinajstić information content (AvgIpc) is 2.36. The molecule has 1 saturated carbocycles. The van der Waals surface area contributed by atoms with Crippen molar-refractivity contribution in [1.29, 1.82) is 0 Å². The molecule has 1 atom stereocenters. The van der Waals surface area contributed by atoms with E-state index >= 15 is 0 Å². The quantitative estimate of drug-likeness (QED) is 0.513. The first-order valence-corrected chi connectivity index (χ1v) is 9.78. The summed E-state index contributed by atoms with van der Waals surface area (Å²) in [5.74, 6) is 0.725. The highest BCUT2D eigenvalue weighted by atomic mass is 16.5. The third kappa shape index (κ3) is 5.55. The zero-order valence-corrected chi connectivity index (χ0v) is 16.6. The van der Waals surface area contributed by atoms with Crippen LogP contribution in [0.15, 0.2) is 0 Å². The minimum atomic E-state index is 0.157. The maximum atomic E-state index is 6.75. The molecule has 1 aliphatic carbocycles. The molecule has 1 rings (SSSR count). The Morgan fingerprint density at radius 1 is 0.909 bits per heavy atom. The third-order valence-corrected chi connectivity index (χ3v) is 6.28.